The lowest BCUT2D eigenvalue weighted by Gasteiger charge is -2.17. The number of aromatic nitrogens is 2. The molecular weight excluding hydrogens is 761 g/mol. The monoisotopic (exact) mass is 802 g/mol. The van der Waals surface area contributed by atoms with Gasteiger partial charge in [0.15, 0.2) is 0 Å². The lowest BCUT2D eigenvalue weighted by molar-refractivity contribution is 0.690. The molecule has 13 rings (SSSR count). The molecule has 296 valence electrons. The Morgan fingerprint density at radius 1 is 0.381 bits per heavy atom. The summed E-state index contributed by atoms with van der Waals surface area (Å²) in [6, 6.07) is 76.3. The van der Waals surface area contributed by atoms with Gasteiger partial charge in [-0.1, -0.05) is 177 Å². The molecule has 3 heterocycles. The van der Waals surface area contributed by atoms with Crippen LogP contribution in [0.25, 0.3) is 117 Å². The smallest absolute Gasteiger partial charge is 0.0620 e. The van der Waals surface area contributed by atoms with Gasteiger partial charge < -0.3 is 9.13 Å². The summed E-state index contributed by atoms with van der Waals surface area (Å²) in [6.45, 7) is 2.32. The molecule has 0 saturated heterocycles. The normalized spacial score (nSPS) is 13.8. The predicted molar refractivity (Wildman–Crippen MR) is 266 cm³/mol. The largest absolute Gasteiger partial charge is 0.313 e. The van der Waals surface area contributed by atoms with Gasteiger partial charge in [0.1, 0.15) is 0 Å². The number of rotatable bonds is 5. The fraction of sp³-hybridized carbons (Fsp3) is 0.0492. The predicted octanol–water partition coefficient (Wildman–Crippen LogP) is 16.2. The molecule has 1 unspecified atom stereocenters. The van der Waals surface area contributed by atoms with Crippen LogP contribution in [0.4, 0.5) is 0 Å². The van der Waals surface area contributed by atoms with Crippen molar-refractivity contribution in [3.8, 4) is 78.1 Å². The van der Waals surface area contributed by atoms with Crippen LogP contribution in [-0.2, 0) is 6.42 Å². The SMILES string of the molecule is CC1C=Cc2c(n(-c3ccc(-c4ccc(-c5ccccc5)cc4)cc3)c3ccc(-c4ccc(-c5cc6c7c(c5)c5ccccc5n7-c5ccccc5-c5ccccc5-6)cc4)cc23)C1. The summed E-state index contributed by atoms with van der Waals surface area (Å²) in [5, 5.41) is 3.85. The van der Waals surface area contributed by atoms with E-state index in [1.807, 2.05) is 0 Å². The van der Waals surface area contributed by atoms with Crippen molar-refractivity contribution in [3.05, 3.63) is 224 Å². The Kier molecular flexibility index (Phi) is 7.98. The molecule has 0 saturated carbocycles. The quantitative estimate of drug-likeness (QED) is 0.164. The van der Waals surface area contributed by atoms with Crippen LogP contribution in [0.5, 0.6) is 0 Å². The summed E-state index contributed by atoms with van der Waals surface area (Å²) in [5.74, 6) is 0.480. The van der Waals surface area contributed by atoms with Gasteiger partial charge in [0.05, 0.1) is 22.2 Å². The molecule has 0 spiro atoms. The molecule has 2 nitrogen and oxygen atoms in total. The first-order valence-electron chi connectivity index (χ1n) is 22.1. The second-order valence-corrected chi connectivity index (χ2v) is 17.4. The molecule has 9 aromatic carbocycles. The van der Waals surface area contributed by atoms with E-state index in [9.17, 15) is 0 Å². The van der Waals surface area contributed by atoms with Gasteiger partial charge in [-0.25, -0.2) is 0 Å². The molecule has 1 aliphatic carbocycles. The maximum absolute atomic E-state index is 2.50. The van der Waals surface area contributed by atoms with Crippen molar-refractivity contribution in [3.63, 3.8) is 0 Å². The van der Waals surface area contributed by atoms with Crippen molar-refractivity contribution in [1.82, 2.24) is 9.13 Å². The zero-order chi connectivity index (χ0) is 41.6. The summed E-state index contributed by atoms with van der Waals surface area (Å²) in [5.41, 5.74) is 23.8. The third kappa shape index (κ3) is 5.65. The number of hydrogen-bond donors (Lipinski definition) is 0. The summed E-state index contributed by atoms with van der Waals surface area (Å²) >= 11 is 0. The number of benzene rings is 9. The Morgan fingerprint density at radius 3 is 1.63 bits per heavy atom. The number of nitrogens with zero attached hydrogens (tertiary/aromatic N) is 2. The van der Waals surface area contributed by atoms with Gasteiger partial charge in [-0.2, -0.15) is 0 Å². The highest BCUT2D eigenvalue weighted by Gasteiger charge is 2.26. The van der Waals surface area contributed by atoms with E-state index in [0.717, 1.165) is 6.42 Å². The van der Waals surface area contributed by atoms with Crippen LogP contribution >= 0.6 is 0 Å². The van der Waals surface area contributed by atoms with E-state index in [1.165, 1.54) is 122 Å². The summed E-state index contributed by atoms with van der Waals surface area (Å²) < 4.78 is 4.99. The van der Waals surface area contributed by atoms with E-state index in [4.69, 9.17) is 0 Å². The fourth-order valence-corrected chi connectivity index (χ4v) is 10.6. The minimum atomic E-state index is 0.480. The van der Waals surface area contributed by atoms with Crippen LogP contribution in [0.3, 0.4) is 0 Å². The Balaban J connectivity index is 0.874. The van der Waals surface area contributed by atoms with E-state index in [-0.39, 0.29) is 0 Å². The van der Waals surface area contributed by atoms with Gasteiger partial charge in [0.2, 0.25) is 0 Å². The molecule has 2 aliphatic rings. The molecule has 63 heavy (non-hydrogen) atoms. The number of allylic oxidation sites excluding steroid dienone is 1. The third-order valence-corrected chi connectivity index (χ3v) is 13.6. The van der Waals surface area contributed by atoms with E-state index in [2.05, 4.69) is 234 Å². The molecule has 0 bridgehead atoms. The lowest BCUT2D eigenvalue weighted by atomic mass is 9.91. The Bertz CT molecular complexity index is 3620. The van der Waals surface area contributed by atoms with Gasteiger partial charge in [0.25, 0.3) is 0 Å². The van der Waals surface area contributed by atoms with Crippen LogP contribution in [0.15, 0.2) is 212 Å². The van der Waals surface area contributed by atoms with Crippen LogP contribution in [0.2, 0.25) is 0 Å². The second kappa shape index (κ2) is 14.1. The van der Waals surface area contributed by atoms with Crippen molar-refractivity contribution in [2.75, 3.05) is 0 Å². The topological polar surface area (TPSA) is 9.86 Å². The Labute approximate surface area is 367 Å². The van der Waals surface area contributed by atoms with Crippen LogP contribution in [-0.4, -0.2) is 9.13 Å². The lowest BCUT2D eigenvalue weighted by Crippen LogP contribution is -2.08. The maximum atomic E-state index is 2.50. The molecule has 2 heteroatoms. The van der Waals surface area contributed by atoms with Crippen molar-refractivity contribution in [2.45, 2.75) is 13.3 Å². The van der Waals surface area contributed by atoms with E-state index < -0.39 is 0 Å². The molecule has 11 aromatic rings. The van der Waals surface area contributed by atoms with E-state index in [1.54, 1.807) is 0 Å². The zero-order valence-electron chi connectivity index (χ0n) is 35.0. The highest BCUT2D eigenvalue weighted by Crippen LogP contribution is 2.48. The number of fused-ring (bicyclic) bond motifs is 11. The van der Waals surface area contributed by atoms with Crippen molar-refractivity contribution >= 4 is 38.8 Å². The maximum Gasteiger partial charge on any atom is 0.0620 e. The average Bonchev–Trinajstić information content (AvgIpc) is 3.81. The number of para-hydroxylation sites is 2. The first-order valence-corrected chi connectivity index (χ1v) is 22.1. The zero-order valence-corrected chi connectivity index (χ0v) is 35.0. The molecule has 2 aromatic heterocycles. The van der Waals surface area contributed by atoms with Crippen molar-refractivity contribution in [2.24, 2.45) is 5.92 Å². The summed E-state index contributed by atoms with van der Waals surface area (Å²) in [7, 11) is 0. The van der Waals surface area contributed by atoms with Crippen LogP contribution < -0.4 is 0 Å². The van der Waals surface area contributed by atoms with Gasteiger partial charge in [-0.05, 0) is 117 Å². The van der Waals surface area contributed by atoms with Gasteiger partial charge >= 0.3 is 0 Å². The van der Waals surface area contributed by atoms with Crippen molar-refractivity contribution in [1.29, 1.82) is 0 Å². The molecule has 0 radical (unpaired) electrons. The Hall–Kier alpha value is -7.94. The average molecular weight is 803 g/mol. The van der Waals surface area contributed by atoms with Crippen LogP contribution in [0.1, 0.15) is 18.2 Å². The second-order valence-electron chi connectivity index (χ2n) is 17.4. The highest BCUT2D eigenvalue weighted by atomic mass is 15.0. The van der Waals surface area contributed by atoms with Crippen LogP contribution in [0, 0.1) is 5.92 Å². The molecule has 0 N–H and O–H groups in total. The standard InChI is InChI=1S/C61H42N2/c1-39-19-33-53-54-36-46(30-34-59(54)62(60(53)35-39)48-31-28-43(29-32-48)42-22-20-41(21-23-42)40-11-3-2-4-12-40)44-24-26-45(27-25-44)47-37-55-50-14-6-5-13-49(50)51-15-7-9-17-57(51)63-58-18-10-8-16-52(58)56(38-47)61(55)63/h2-34,36-39H,35H2,1H3. The minimum Gasteiger partial charge on any atom is -0.313 e. The molecular formula is C61H42N2. The Morgan fingerprint density at radius 2 is 0.905 bits per heavy atom. The third-order valence-electron chi connectivity index (χ3n) is 13.6. The first-order chi connectivity index (χ1) is 31.1. The number of hydrogen-bond acceptors (Lipinski definition) is 0. The summed E-state index contributed by atoms with van der Waals surface area (Å²) in [4.78, 5) is 0. The molecule has 1 atom stereocenters. The van der Waals surface area contributed by atoms with Crippen molar-refractivity contribution < 1.29 is 0 Å². The van der Waals surface area contributed by atoms with Gasteiger partial charge in [0, 0.05) is 44.2 Å². The minimum absolute atomic E-state index is 0.480. The molecule has 0 amide bonds. The highest BCUT2D eigenvalue weighted by molar-refractivity contribution is 6.17. The molecule has 0 fully saturated rings. The van der Waals surface area contributed by atoms with E-state index in [0.29, 0.717) is 5.92 Å². The molecule has 1 aliphatic heterocycles. The first kappa shape index (κ1) is 35.8. The van der Waals surface area contributed by atoms with Gasteiger partial charge in [-0.3, -0.25) is 0 Å². The van der Waals surface area contributed by atoms with E-state index >= 15 is 0 Å². The van der Waals surface area contributed by atoms with Gasteiger partial charge in [-0.15, -0.1) is 0 Å². The summed E-state index contributed by atoms with van der Waals surface area (Å²) in [6.07, 6.45) is 5.74. The fourth-order valence-electron chi connectivity index (χ4n) is 10.6.